The van der Waals surface area contributed by atoms with Crippen molar-refractivity contribution in [3.63, 3.8) is 0 Å². The van der Waals surface area contributed by atoms with E-state index in [2.05, 4.69) is 25.3 Å². The van der Waals surface area contributed by atoms with Gasteiger partial charge in [0, 0.05) is 100 Å². The summed E-state index contributed by atoms with van der Waals surface area (Å²) in [4.78, 5) is 88.6. The fraction of sp³-hybridized carbons (Fsp3) is 0.467. The Morgan fingerprint density at radius 1 is 0.903 bits per heavy atom. The Labute approximate surface area is 363 Å². The molecule has 5 amide bonds. The average Bonchev–Trinajstić information content (AvgIpc) is 4.04. The maximum Gasteiger partial charge on any atom is 0.262 e. The predicted octanol–water partition coefficient (Wildman–Crippen LogP) is 2.76. The van der Waals surface area contributed by atoms with Crippen LogP contribution < -0.4 is 30.6 Å². The van der Waals surface area contributed by atoms with E-state index in [4.69, 9.17) is 9.47 Å². The van der Waals surface area contributed by atoms with Crippen LogP contribution in [-0.4, -0.2) is 146 Å². The minimum Gasteiger partial charge on any atom is -0.496 e. The summed E-state index contributed by atoms with van der Waals surface area (Å²) < 4.78 is 13.9. The number of carbonyl (C=O) groups is 5. The van der Waals surface area contributed by atoms with Crippen molar-refractivity contribution in [2.45, 2.75) is 50.4 Å². The number of piperidine rings is 2. The first-order valence-corrected chi connectivity index (χ1v) is 22.0. The SMILES string of the molecule is COc1cc(-c2cn(C)c(=O)c3cc(C(=O)NC4CC5CC4CN5CCN4CCN(c5ccc6c(c5)C(=O)N(C5CCC(=O)NC5=O)C6=O)CC4)sc23)cc(OC)c1CN(C)C. The molecule has 4 aliphatic heterocycles. The number of carbonyl (C=O) groups excluding carboxylic acids is 5. The molecule has 17 heteroatoms. The molecule has 4 aromatic rings. The van der Waals surface area contributed by atoms with Crippen molar-refractivity contribution in [2.24, 2.45) is 13.0 Å². The second-order valence-corrected chi connectivity index (χ2v) is 18.4. The minimum absolute atomic E-state index is 0.0724. The van der Waals surface area contributed by atoms with Gasteiger partial charge in [0.1, 0.15) is 17.5 Å². The lowest BCUT2D eigenvalue weighted by molar-refractivity contribution is -0.136. The fourth-order valence-corrected chi connectivity index (χ4v) is 11.2. The number of amides is 5. The quantitative estimate of drug-likeness (QED) is 0.201. The van der Waals surface area contributed by atoms with Gasteiger partial charge in [0.2, 0.25) is 11.8 Å². The maximum absolute atomic E-state index is 13.8. The van der Waals surface area contributed by atoms with Crippen LogP contribution in [0.4, 0.5) is 5.69 Å². The van der Waals surface area contributed by atoms with Gasteiger partial charge in [0.25, 0.3) is 23.3 Å². The number of fused-ring (bicyclic) bond motifs is 4. The number of anilines is 1. The summed E-state index contributed by atoms with van der Waals surface area (Å²) >= 11 is 1.34. The van der Waals surface area contributed by atoms with E-state index in [1.165, 1.54) is 11.3 Å². The van der Waals surface area contributed by atoms with E-state index in [1.54, 1.807) is 44.0 Å². The van der Waals surface area contributed by atoms with Crippen molar-refractivity contribution in [1.82, 2.24) is 34.8 Å². The number of likely N-dealkylation sites (tertiary alicyclic amines) is 1. The lowest BCUT2D eigenvalue weighted by Gasteiger charge is -2.38. The molecule has 2 bridgehead atoms. The van der Waals surface area contributed by atoms with Gasteiger partial charge in [-0.3, -0.25) is 48.8 Å². The maximum atomic E-state index is 13.8. The highest BCUT2D eigenvalue weighted by Gasteiger charge is 2.46. The molecular formula is C45H52N8O8S. The predicted molar refractivity (Wildman–Crippen MR) is 234 cm³/mol. The number of thiophene rings is 1. The van der Waals surface area contributed by atoms with Gasteiger partial charge in [0.15, 0.2) is 0 Å². The largest absolute Gasteiger partial charge is 0.496 e. The molecule has 3 saturated heterocycles. The summed E-state index contributed by atoms with van der Waals surface area (Å²) in [6.07, 6.45) is 3.96. The number of pyridine rings is 1. The molecule has 326 valence electrons. The molecule has 2 aromatic heterocycles. The average molecular weight is 865 g/mol. The number of nitrogens with one attached hydrogen (secondary N) is 2. The molecule has 0 radical (unpaired) electrons. The van der Waals surface area contributed by atoms with Crippen LogP contribution in [0.5, 0.6) is 11.5 Å². The molecule has 4 fully saturated rings. The lowest BCUT2D eigenvalue weighted by Crippen LogP contribution is -2.54. The van der Waals surface area contributed by atoms with E-state index < -0.39 is 29.7 Å². The Bertz CT molecular complexity index is 2540. The number of rotatable bonds is 12. The van der Waals surface area contributed by atoms with Crippen LogP contribution in [0.1, 0.15) is 61.6 Å². The molecule has 6 heterocycles. The molecular weight excluding hydrogens is 813 g/mol. The van der Waals surface area contributed by atoms with Crippen molar-refractivity contribution in [3.05, 3.63) is 74.5 Å². The summed E-state index contributed by atoms with van der Waals surface area (Å²) in [6.45, 7) is 6.69. The van der Waals surface area contributed by atoms with Crippen LogP contribution in [0.2, 0.25) is 0 Å². The number of piperazine rings is 1. The van der Waals surface area contributed by atoms with E-state index in [-0.39, 0.29) is 35.9 Å². The summed E-state index contributed by atoms with van der Waals surface area (Å²) in [5.74, 6) is -0.423. The third kappa shape index (κ3) is 7.54. The number of hydrogen-bond acceptors (Lipinski definition) is 13. The molecule has 5 aliphatic rings. The zero-order chi connectivity index (χ0) is 43.6. The zero-order valence-electron chi connectivity index (χ0n) is 35.7. The van der Waals surface area contributed by atoms with E-state index in [1.807, 2.05) is 43.4 Å². The molecule has 4 unspecified atom stereocenters. The highest BCUT2D eigenvalue weighted by atomic mass is 32.1. The third-order valence-electron chi connectivity index (χ3n) is 13.3. The molecule has 1 saturated carbocycles. The number of benzene rings is 2. The van der Waals surface area contributed by atoms with Crippen molar-refractivity contribution in [2.75, 3.05) is 79.0 Å². The van der Waals surface area contributed by atoms with Crippen molar-refractivity contribution in [1.29, 1.82) is 0 Å². The van der Waals surface area contributed by atoms with Gasteiger partial charge in [-0.25, -0.2) is 0 Å². The minimum atomic E-state index is -0.984. The number of methoxy groups -OCH3 is 2. The van der Waals surface area contributed by atoms with Crippen LogP contribution in [0.3, 0.4) is 0 Å². The van der Waals surface area contributed by atoms with Crippen molar-refractivity contribution in [3.8, 4) is 22.6 Å². The Hall–Kier alpha value is -5.62. The summed E-state index contributed by atoms with van der Waals surface area (Å²) in [5, 5.41) is 6.09. The molecule has 62 heavy (non-hydrogen) atoms. The van der Waals surface area contributed by atoms with E-state index in [0.717, 1.165) is 90.6 Å². The third-order valence-corrected chi connectivity index (χ3v) is 14.5. The number of aromatic nitrogens is 1. The monoisotopic (exact) mass is 864 g/mol. The van der Waals surface area contributed by atoms with Crippen LogP contribution in [0, 0.1) is 5.92 Å². The van der Waals surface area contributed by atoms with Gasteiger partial charge in [-0.2, -0.15) is 0 Å². The normalized spacial score (nSPS) is 22.9. The summed E-state index contributed by atoms with van der Waals surface area (Å²) in [6, 6.07) is 10.5. The van der Waals surface area contributed by atoms with Gasteiger partial charge in [-0.05, 0) is 81.2 Å². The van der Waals surface area contributed by atoms with Crippen LogP contribution >= 0.6 is 11.3 Å². The standard InChI is InChI=1S/C45H52N8O8S/c1-48(2)23-33-36(60-4)17-25(18-37(33)61-5)32-24-49(3)43(57)31-21-38(62-40(31)32)42(56)46-34-20-28-16-26(34)22-52(28)15-12-50-10-13-51(14-11-50)27-6-7-29-30(19-27)45(59)53(44(29)58)35-8-9-39(54)47-41(35)55/h6-7,17-19,21,24,26,28,34-35H,8-16,20,22-23H2,1-5H3,(H,46,56)(H,47,54,55). The molecule has 0 spiro atoms. The van der Waals surface area contributed by atoms with Crippen LogP contribution in [0.15, 0.2) is 47.4 Å². The molecule has 2 N–H and O–H groups in total. The van der Waals surface area contributed by atoms with Crippen LogP contribution in [-0.2, 0) is 23.2 Å². The number of ether oxygens (including phenoxy) is 2. The van der Waals surface area contributed by atoms with Crippen molar-refractivity contribution >= 4 is 56.6 Å². The van der Waals surface area contributed by atoms with Gasteiger partial charge >= 0.3 is 0 Å². The molecule has 9 rings (SSSR count). The molecule has 16 nitrogen and oxygen atoms in total. The Morgan fingerprint density at radius 3 is 2.29 bits per heavy atom. The van der Waals surface area contributed by atoms with Gasteiger partial charge in [-0.15, -0.1) is 11.3 Å². The second kappa shape index (κ2) is 16.6. The number of nitrogens with zero attached hydrogens (tertiary/aromatic N) is 6. The van der Waals surface area contributed by atoms with Gasteiger partial charge in [0.05, 0.1) is 41.2 Å². The van der Waals surface area contributed by atoms with E-state index >= 15 is 0 Å². The molecule has 4 atom stereocenters. The highest BCUT2D eigenvalue weighted by molar-refractivity contribution is 7.21. The molecule has 1 aliphatic carbocycles. The lowest BCUT2D eigenvalue weighted by atomic mass is 10.0. The van der Waals surface area contributed by atoms with Crippen molar-refractivity contribution < 1.29 is 33.4 Å². The fourth-order valence-electron chi connectivity index (χ4n) is 10.1. The Kier molecular flexibility index (Phi) is 11.2. The number of aryl methyl sites for hydroxylation is 1. The smallest absolute Gasteiger partial charge is 0.262 e. The Morgan fingerprint density at radius 2 is 1.63 bits per heavy atom. The van der Waals surface area contributed by atoms with E-state index in [0.29, 0.717) is 45.8 Å². The van der Waals surface area contributed by atoms with Gasteiger partial charge < -0.3 is 29.2 Å². The zero-order valence-corrected chi connectivity index (χ0v) is 36.5. The first-order valence-electron chi connectivity index (χ1n) is 21.2. The number of imide groups is 2. The van der Waals surface area contributed by atoms with Gasteiger partial charge in [-0.1, -0.05) is 0 Å². The number of hydrogen-bond donors (Lipinski definition) is 2. The van der Waals surface area contributed by atoms with Crippen LogP contribution in [0.25, 0.3) is 21.2 Å². The summed E-state index contributed by atoms with van der Waals surface area (Å²) in [7, 11) is 8.97. The topological polar surface area (TPSA) is 166 Å². The summed E-state index contributed by atoms with van der Waals surface area (Å²) in [5.41, 5.74) is 3.88. The first kappa shape index (κ1) is 41.7. The second-order valence-electron chi connectivity index (χ2n) is 17.4. The first-order chi connectivity index (χ1) is 29.8. The van der Waals surface area contributed by atoms with E-state index in [9.17, 15) is 28.8 Å². The highest BCUT2D eigenvalue weighted by Crippen LogP contribution is 2.41. The molecule has 2 aromatic carbocycles. The Balaban J connectivity index is 0.789.